The third-order valence-electron chi connectivity index (χ3n) is 5.36. The van der Waals surface area contributed by atoms with Crippen molar-refractivity contribution in [3.8, 4) is 0 Å². The summed E-state index contributed by atoms with van der Waals surface area (Å²) in [7, 11) is 0. The van der Waals surface area contributed by atoms with Gasteiger partial charge >= 0.3 is 0 Å². The minimum Gasteiger partial charge on any atom is -0.326 e. The third kappa shape index (κ3) is 3.07. The lowest BCUT2D eigenvalue weighted by molar-refractivity contribution is 0.0620. The molecule has 0 amide bonds. The summed E-state index contributed by atoms with van der Waals surface area (Å²) < 4.78 is 0. The lowest BCUT2D eigenvalue weighted by Crippen LogP contribution is -2.47. The van der Waals surface area contributed by atoms with E-state index in [4.69, 9.17) is 5.73 Å². The number of nitrogens with two attached hydrogens (primary N) is 1. The van der Waals surface area contributed by atoms with E-state index in [0.717, 1.165) is 18.4 Å². The van der Waals surface area contributed by atoms with E-state index in [2.05, 4.69) is 29.2 Å². The smallest absolute Gasteiger partial charge is 0.0180 e. The Morgan fingerprint density at radius 1 is 1.00 bits per heavy atom. The number of fused-ring (bicyclic) bond motifs is 1. The highest BCUT2D eigenvalue weighted by atomic mass is 15.2. The minimum absolute atomic E-state index is 0.669. The monoisotopic (exact) mass is 272 g/mol. The van der Waals surface area contributed by atoms with Crippen molar-refractivity contribution in [3.05, 3.63) is 35.4 Å². The largest absolute Gasteiger partial charge is 0.326 e. The maximum atomic E-state index is 5.85. The third-order valence-corrected chi connectivity index (χ3v) is 5.36. The Kier molecular flexibility index (Phi) is 4.74. The Morgan fingerprint density at radius 3 is 2.60 bits per heavy atom. The second-order valence-electron chi connectivity index (χ2n) is 6.51. The van der Waals surface area contributed by atoms with Gasteiger partial charge in [0.25, 0.3) is 0 Å². The first-order valence-corrected chi connectivity index (χ1v) is 8.39. The molecule has 1 saturated heterocycles. The molecule has 1 saturated carbocycles. The van der Waals surface area contributed by atoms with Crippen molar-refractivity contribution >= 4 is 0 Å². The van der Waals surface area contributed by atoms with Gasteiger partial charge in [0.2, 0.25) is 0 Å². The fourth-order valence-electron chi connectivity index (χ4n) is 4.27. The Hall–Kier alpha value is -0.860. The number of likely N-dealkylation sites (tertiary alicyclic amines) is 1. The fourth-order valence-corrected chi connectivity index (χ4v) is 4.27. The van der Waals surface area contributed by atoms with Crippen LogP contribution >= 0.6 is 0 Å². The number of hydrogen-bond donors (Lipinski definition) is 1. The Labute approximate surface area is 123 Å². The molecule has 2 fully saturated rings. The normalized spacial score (nSPS) is 27.2. The number of benzene rings is 1. The molecule has 2 heteroatoms. The van der Waals surface area contributed by atoms with E-state index in [0.29, 0.717) is 6.54 Å². The van der Waals surface area contributed by atoms with Gasteiger partial charge in [-0.05, 0) is 55.7 Å². The summed E-state index contributed by atoms with van der Waals surface area (Å²) in [6, 6.07) is 9.56. The lowest BCUT2D eigenvalue weighted by Gasteiger charge is -2.44. The Morgan fingerprint density at radius 2 is 1.75 bits per heavy atom. The average Bonchev–Trinajstić information content (AvgIpc) is 2.53. The van der Waals surface area contributed by atoms with Gasteiger partial charge in [-0.2, -0.15) is 0 Å². The van der Waals surface area contributed by atoms with Crippen molar-refractivity contribution in [2.24, 2.45) is 11.7 Å². The standard InChI is InChI=1S/C18H28N2/c19-14-17-8-2-1-6-15(17)11-13-20-12-5-9-16-7-3-4-10-18(16)20/h1-2,6,8,16,18H,3-5,7,9-14,19H2. The highest BCUT2D eigenvalue weighted by Gasteiger charge is 2.32. The SMILES string of the molecule is NCc1ccccc1CCN1CCCC2CCCCC21. The van der Waals surface area contributed by atoms with E-state index >= 15 is 0 Å². The van der Waals surface area contributed by atoms with Crippen LogP contribution in [-0.4, -0.2) is 24.0 Å². The molecule has 1 aliphatic heterocycles. The maximum Gasteiger partial charge on any atom is 0.0180 e. The van der Waals surface area contributed by atoms with Crippen molar-refractivity contribution in [1.82, 2.24) is 4.90 Å². The maximum absolute atomic E-state index is 5.85. The first kappa shape index (κ1) is 14.1. The summed E-state index contributed by atoms with van der Waals surface area (Å²) in [6.45, 7) is 3.20. The molecule has 0 spiro atoms. The molecule has 2 N–H and O–H groups in total. The van der Waals surface area contributed by atoms with Crippen molar-refractivity contribution in [1.29, 1.82) is 0 Å². The van der Waals surface area contributed by atoms with E-state index in [-0.39, 0.29) is 0 Å². The van der Waals surface area contributed by atoms with Gasteiger partial charge < -0.3 is 5.73 Å². The lowest BCUT2D eigenvalue weighted by atomic mass is 9.78. The van der Waals surface area contributed by atoms with Gasteiger partial charge in [0.15, 0.2) is 0 Å². The van der Waals surface area contributed by atoms with Crippen LogP contribution in [0, 0.1) is 5.92 Å². The van der Waals surface area contributed by atoms with Crippen LogP contribution < -0.4 is 5.73 Å². The van der Waals surface area contributed by atoms with Gasteiger partial charge in [0, 0.05) is 19.1 Å². The number of nitrogens with zero attached hydrogens (tertiary/aromatic N) is 1. The number of piperidine rings is 1. The zero-order valence-electron chi connectivity index (χ0n) is 12.6. The molecule has 2 nitrogen and oxygen atoms in total. The highest BCUT2D eigenvalue weighted by molar-refractivity contribution is 5.27. The first-order valence-electron chi connectivity index (χ1n) is 8.39. The molecular formula is C18H28N2. The van der Waals surface area contributed by atoms with Crippen LogP contribution in [-0.2, 0) is 13.0 Å². The zero-order valence-corrected chi connectivity index (χ0v) is 12.6. The molecule has 1 aromatic carbocycles. The van der Waals surface area contributed by atoms with Crippen LogP contribution in [0.5, 0.6) is 0 Å². The molecular weight excluding hydrogens is 244 g/mol. The van der Waals surface area contributed by atoms with Crippen molar-refractivity contribution in [3.63, 3.8) is 0 Å². The Balaban J connectivity index is 1.62. The summed E-state index contributed by atoms with van der Waals surface area (Å²) in [4.78, 5) is 2.78. The molecule has 0 aromatic heterocycles. The number of rotatable bonds is 4. The molecule has 0 radical (unpaired) electrons. The molecule has 3 rings (SSSR count). The van der Waals surface area contributed by atoms with Crippen molar-refractivity contribution in [2.45, 2.75) is 57.5 Å². The summed E-state index contributed by atoms with van der Waals surface area (Å²) in [5, 5.41) is 0. The van der Waals surface area contributed by atoms with Gasteiger partial charge in [-0.1, -0.05) is 37.1 Å². The molecule has 110 valence electrons. The second-order valence-corrected chi connectivity index (χ2v) is 6.51. The number of hydrogen-bond acceptors (Lipinski definition) is 2. The highest BCUT2D eigenvalue weighted by Crippen LogP contribution is 2.35. The average molecular weight is 272 g/mol. The predicted octanol–water partition coefficient (Wildman–Crippen LogP) is 3.34. The Bertz CT molecular complexity index is 427. The van der Waals surface area contributed by atoms with Crippen LogP contribution in [0.3, 0.4) is 0 Å². The van der Waals surface area contributed by atoms with Gasteiger partial charge in [-0.3, -0.25) is 4.90 Å². The first-order chi connectivity index (χ1) is 9.88. The molecule has 2 atom stereocenters. The summed E-state index contributed by atoms with van der Waals surface area (Å²) in [5.74, 6) is 0.988. The van der Waals surface area contributed by atoms with Gasteiger partial charge in [0.1, 0.15) is 0 Å². The van der Waals surface area contributed by atoms with E-state index in [1.54, 1.807) is 0 Å². The van der Waals surface area contributed by atoms with Gasteiger partial charge in [-0.25, -0.2) is 0 Å². The van der Waals surface area contributed by atoms with E-state index in [1.165, 1.54) is 62.7 Å². The summed E-state index contributed by atoms with van der Waals surface area (Å²) >= 11 is 0. The minimum atomic E-state index is 0.669. The summed E-state index contributed by atoms with van der Waals surface area (Å²) in [6.07, 6.45) is 9.85. The van der Waals surface area contributed by atoms with Crippen LogP contribution in [0.1, 0.15) is 49.7 Å². The predicted molar refractivity (Wildman–Crippen MR) is 84.6 cm³/mol. The quantitative estimate of drug-likeness (QED) is 0.911. The molecule has 1 heterocycles. The van der Waals surface area contributed by atoms with Crippen LogP contribution in [0.25, 0.3) is 0 Å². The van der Waals surface area contributed by atoms with E-state index in [9.17, 15) is 0 Å². The van der Waals surface area contributed by atoms with Crippen LogP contribution in [0.15, 0.2) is 24.3 Å². The fraction of sp³-hybridized carbons (Fsp3) is 0.667. The molecule has 20 heavy (non-hydrogen) atoms. The van der Waals surface area contributed by atoms with Crippen molar-refractivity contribution < 1.29 is 0 Å². The van der Waals surface area contributed by atoms with E-state index in [1.807, 2.05) is 0 Å². The molecule has 2 unspecified atom stereocenters. The molecule has 1 aromatic rings. The topological polar surface area (TPSA) is 29.3 Å². The van der Waals surface area contributed by atoms with Crippen LogP contribution in [0.4, 0.5) is 0 Å². The van der Waals surface area contributed by atoms with E-state index < -0.39 is 0 Å². The van der Waals surface area contributed by atoms with Gasteiger partial charge in [0.05, 0.1) is 0 Å². The summed E-state index contributed by atoms with van der Waals surface area (Å²) in [5.41, 5.74) is 8.63. The van der Waals surface area contributed by atoms with Crippen LogP contribution in [0.2, 0.25) is 0 Å². The molecule has 0 bridgehead atoms. The van der Waals surface area contributed by atoms with Gasteiger partial charge in [-0.15, -0.1) is 0 Å². The zero-order chi connectivity index (χ0) is 13.8. The second kappa shape index (κ2) is 6.73. The van der Waals surface area contributed by atoms with Crippen molar-refractivity contribution in [2.75, 3.05) is 13.1 Å². The molecule has 1 aliphatic carbocycles. The molecule has 2 aliphatic rings.